The lowest BCUT2D eigenvalue weighted by Gasteiger charge is -2.60. The molecule has 2 bridgehead atoms. The Labute approximate surface area is 352 Å². The van der Waals surface area contributed by atoms with Crippen LogP contribution in [0.25, 0.3) is 22.3 Å². The molecule has 4 aliphatic heterocycles. The fourth-order valence-electron chi connectivity index (χ4n) is 11.8. The number of phenolic OH excluding ortho intramolecular Hbond substituents is 1. The van der Waals surface area contributed by atoms with Crippen LogP contribution >= 0.6 is 0 Å². The number of H-pyrrole nitrogens is 1. The maximum Gasteiger partial charge on any atom is 0.246 e. The Morgan fingerprint density at radius 2 is 1.63 bits per heavy atom. The predicted octanol–water partition coefficient (Wildman–Crippen LogP) is 5.23. The average molecular weight is 817 g/mol. The zero-order valence-electron chi connectivity index (χ0n) is 35.4. The minimum Gasteiger partial charge on any atom is -0.507 e. The van der Waals surface area contributed by atoms with Crippen molar-refractivity contribution in [1.82, 2.24) is 40.3 Å². The van der Waals surface area contributed by atoms with Crippen LogP contribution in [-0.4, -0.2) is 126 Å². The molecule has 1 spiro atoms. The number of nitrogens with zero attached hydrogens (tertiary/aromatic N) is 8. The molecule has 2 unspecified atom stereocenters. The number of likely N-dealkylation sites (tertiary alicyclic amines) is 2. The number of β-amino-alcohol motifs (C(OH)–C–C–N with tert-alkyl or cyclic N) is 1. The van der Waals surface area contributed by atoms with Crippen LogP contribution in [0.5, 0.6) is 5.75 Å². The predicted molar refractivity (Wildman–Crippen MR) is 229 cm³/mol. The number of fused-ring (bicyclic) bond motifs is 3. The molecule has 14 nitrogen and oxygen atoms in total. The number of hydrogen-bond donors (Lipinski definition) is 4. The summed E-state index contributed by atoms with van der Waals surface area (Å²) in [6, 6.07) is 9.89. The van der Waals surface area contributed by atoms with E-state index in [1.165, 1.54) is 5.56 Å². The van der Waals surface area contributed by atoms with Crippen molar-refractivity contribution in [2.75, 3.05) is 42.5 Å². The second-order valence-corrected chi connectivity index (χ2v) is 20.2. The Hall–Kier alpha value is -4.82. The average Bonchev–Trinajstić information content (AvgIpc) is 3.86. The van der Waals surface area contributed by atoms with Gasteiger partial charge in [0, 0.05) is 79.3 Å². The summed E-state index contributed by atoms with van der Waals surface area (Å²) in [4.78, 5) is 49.6. The van der Waals surface area contributed by atoms with Crippen LogP contribution in [0, 0.1) is 16.7 Å². The number of rotatable bonds is 8. The maximum absolute atomic E-state index is 13.5. The van der Waals surface area contributed by atoms with Crippen LogP contribution in [0.15, 0.2) is 48.9 Å². The number of piperidine rings is 1. The molecule has 3 aromatic heterocycles. The summed E-state index contributed by atoms with van der Waals surface area (Å²) >= 11 is 0. The van der Waals surface area contributed by atoms with Gasteiger partial charge < -0.3 is 40.1 Å². The number of para-hydroxylation sites is 1. The van der Waals surface area contributed by atoms with Gasteiger partial charge in [-0.15, -0.1) is 10.2 Å². The van der Waals surface area contributed by atoms with Crippen molar-refractivity contribution in [3.8, 4) is 17.0 Å². The molecule has 6 aliphatic rings. The van der Waals surface area contributed by atoms with Crippen LogP contribution < -0.4 is 15.1 Å². The number of nitrogens with one attached hydrogen (secondary N) is 2. The van der Waals surface area contributed by atoms with Crippen LogP contribution in [0.2, 0.25) is 0 Å². The molecule has 7 heterocycles. The van der Waals surface area contributed by atoms with E-state index in [9.17, 15) is 19.8 Å². The van der Waals surface area contributed by atoms with Crippen molar-refractivity contribution in [3.63, 3.8) is 0 Å². The Morgan fingerprint density at radius 3 is 2.28 bits per heavy atom. The summed E-state index contributed by atoms with van der Waals surface area (Å²) < 4.78 is 0. The maximum atomic E-state index is 13.5. The number of carbonyl (C=O) groups excluding carboxylic acids is 2. The molecule has 4 N–H and O–H groups in total. The lowest BCUT2D eigenvalue weighted by atomic mass is 9.49. The first-order valence-corrected chi connectivity index (χ1v) is 22.3. The van der Waals surface area contributed by atoms with E-state index >= 15 is 0 Å². The Kier molecular flexibility index (Phi) is 9.81. The molecule has 318 valence electrons. The van der Waals surface area contributed by atoms with E-state index in [-0.39, 0.29) is 34.9 Å². The molecule has 1 aromatic carbocycles. The monoisotopic (exact) mass is 816 g/mol. The molecule has 4 aromatic rings. The van der Waals surface area contributed by atoms with Crippen molar-refractivity contribution >= 4 is 34.5 Å². The molecule has 2 saturated carbocycles. The van der Waals surface area contributed by atoms with E-state index in [0.717, 1.165) is 100 Å². The SMILES string of the molecule is C[C@@H]1C[C@@H](O)CN1C(=O)[C@@H](NC(=O)[C@H]1CC2(C1)C[C@H](N1CCC(c3cnc(N4C5CCC4CN(c4c[nH]c6nnc(-c7ccccc7O)cc46)C5)nc3)CC1)C2)C(C)(C)C. The number of aliphatic hydroxyl groups excluding tert-OH is 1. The van der Waals surface area contributed by atoms with Crippen molar-refractivity contribution in [2.45, 2.75) is 128 Å². The smallest absolute Gasteiger partial charge is 0.246 e. The van der Waals surface area contributed by atoms with Gasteiger partial charge in [0.15, 0.2) is 5.65 Å². The van der Waals surface area contributed by atoms with Crippen molar-refractivity contribution in [1.29, 1.82) is 0 Å². The first-order chi connectivity index (χ1) is 28.8. The van der Waals surface area contributed by atoms with Gasteiger partial charge >= 0.3 is 0 Å². The van der Waals surface area contributed by atoms with Gasteiger partial charge in [-0.1, -0.05) is 32.9 Å². The third kappa shape index (κ3) is 7.06. The Balaban J connectivity index is 0.699. The molecule has 0 radical (unpaired) electrons. The Bertz CT molecular complexity index is 2220. The van der Waals surface area contributed by atoms with Gasteiger partial charge in [-0.05, 0) is 118 Å². The van der Waals surface area contributed by atoms with E-state index in [4.69, 9.17) is 9.97 Å². The fourth-order valence-corrected chi connectivity index (χ4v) is 11.8. The molecule has 14 heteroatoms. The van der Waals surface area contributed by atoms with Crippen LogP contribution in [0.1, 0.15) is 97.0 Å². The Morgan fingerprint density at radius 1 is 0.933 bits per heavy atom. The lowest BCUT2D eigenvalue weighted by molar-refractivity contribution is -0.149. The summed E-state index contributed by atoms with van der Waals surface area (Å²) in [6.07, 6.45) is 14.9. The molecular formula is C46H60N10O4. The molecule has 2 amide bonds. The minimum absolute atomic E-state index is 0.0100. The van der Waals surface area contributed by atoms with Crippen LogP contribution in [0.3, 0.4) is 0 Å². The van der Waals surface area contributed by atoms with E-state index in [0.29, 0.717) is 48.3 Å². The second kappa shape index (κ2) is 15.0. The number of aromatic hydroxyl groups is 1. The van der Waals surface area contributed by atoms with Gasteiger partial charge in [-0.2, -0.15) is 0 Å². The normalized spacial score (nSPS) is 30.1. The number of anilines is 2. The van der Waals surface area contributed by atoms with E-state index in [2.05, 4.69) is 47.6 Å². The number of amides is 2. The molecule has 2 aliphatic carbocycles. The summed E-state index contributed by atoms with van der Waals surface area (Å²) in [6.45, 7) is 12.2. The third-order valence-electron chi connectivity index (χ3n) is 15.1. The fraction of sp³-hybridized carbons (Fsp3) is 0.609. The number of carbonyl (C=O) groups is 2. The van der Waals surface area contributed by atoms with Crippen molar-refractivity contribution < 1.29 is 19.8 Å². The third-order valence-corrected chi connectivity index (χ3v) is 15.1. The highest BCUT2D eigenvalue weighted by molar-refractivity contribution is 5.93. The first-order valence-electron chi connectivity index (χ1n) is 22.3. The highest BCUT2D eigenvalue weighted by atomic mass is 16.3. The van der Waals surface area contributed by atoms with E-state index in [1.54, 1.807) is 11.0 Å². The van der Waals surface area contributed by atoms with Gasteiger partial charge in [0.2, 0.25) is 17.8 Å². The van der Waals surface area contributed by atoms with Gasteiger partial charge in [0.25, 0.3) is 0 Å². The topological polar surface area (TPSA) is 167 Å². The number of benzene rings is 1. The first kappa shape index (κ1) is 39.3. The highest BCUT2D eigenvalue weighted by Crippen LogP contribution is 2.60. The molecule has 10 rings (SSSR count). The second-order valence-electron chi connectivity index (χ2n) is 20.2. The van der Waals surface area contributed by atoms with Gasteiger partial charge in [0.1, 0.15) is 11.8 Å². The summed E-state index contributed by atoms with van der Waals surface area (Å²) in [5.74, 6) is 1.40. The largest absolute Gasteiger partial charge is 0.507 e. The standard InChI is InChI=1S/C46H60N10O4/c1-27-15-34(57)26-55(27)43(60)40(45(2,3)4)50-42(59)29-17-46(18-29)19-33(20-46)53-13-11-28(12-14-53)30-21-48-44(49-22-30)56-31-9-10-32(56)25-54(24-31)38-23-47-41-36(38)16-37(51-52-41)35-7-5-6-8-39(35)58/h5-8,16,21-23,27-29,31-34,40,57-58H,9-15,17-20,24-26H2,1-4H3,(H,47,52)(H,50,59)/t27-,29-,31?,32?,33-,34-,40-,46?/m1/s1. The van der Waals surface area contributed by atoms with Gasteiger partial charge in [0.05, 0.1) is 17.5 Å². The van der Waals surface area contributed by atoms with Gasteiger partial charge in [-0.3, -0.25) is 9.59 Å². The van der Waals surface area contributed by atoms with Crippen molar-refractivity contribution in [2.24, 2.45) is 16.7 Å². The van der Waals surface area contributed by atoms with Crippen LogP contribution in [-0.2, 0) is 9.59 Å². The summed E-state index contributed by atoms with van der Waals surface area (Å²) in [7, 11) is 0. The van der Waals surface area contributed by atoms with Gasteiger partial charge in [-0.25, -0.2) is 9.97 Å². The lowest BCUT2D eigenvalue weighted by Crippen LogP contribution is -2.61. The number of phenols is 1. The summed E-state index contributed by atoms with van der Waals surface area (Å²) in [5.41, 5.74) is 4.27. The van der Waals surface area contributed by atoms with E-state index in [1.807, 2.05) is 58.2 Å². The molecule has 60 heavy (non-hydrogen) atoms. The molecule has 4 saturated heterocycles. The summed E-state index contributed by atoms with van der Waals surface area (Å²) in [5, 5.41) is 33.6. The van der Waals surface area contributed by atoms with Crippen molar-refractivity contribution in [3.05, 3.63) is 54.5 Å². The number of aliphatic hydroxyl groups is 1. The number of aromatic nitrogens is 5. The van der Waals surface area contributed by atoms with E-state index < -0.39 is 17.6 Å². The molecular weight excluding hydrogens is 757 g/mol. The highest BCUT2D eigenvalue weighted by Gasteiger charge is 2.56. The number of hydrogen-bond acceptors (Lipinski definition) is 11. The number of aromatic amines is 1. The zero-order chi connectivity index (χ0) is 41.5. The molecule has 6 fully saturated rings. The molecule has 5 atom stereocenters. The quantitative estimate of drug-likeness (QED) is 0.184. The number of piperazine rings is 1. The minimum atomic E-state index is -0.598. The van der Waals surface area contributed by atoms with Crippen LogP contribution in [0.4, 0.5) is 11.6 Å². The zero-order valence-corrected chi connectivity index (χ0v) is 35.4.